The van der Waals surface area contributed by atoms with Gasteiger partial charge in [-0.3, -0.25) is 9.69 Å². The minimum Gasteiger partial charge on any atom is -0.352 e. The predicted octanol–water partition coefficient (Wildman–Crippen LogP) is 4.15. The Bertz CT molecular complexity index is 770. The lowest BCUT2D eigenvalue weighted by Gasteiger charge is -2.39. The van der Waals surface area contributed by atoms with Crippen molar-refractivity contribution in [3.63, 3.8) is 0 Å². The lowest BCUT2D eigenvalue weighted by molar-refractivity contribution is -0.123. The Morgan fingerprint density at radius 1 is 1.03 bits per heavy atom. The van der Waals surface area contributed by atoms with Crippen molar-refractivity contribution in [1.29, 1.82) is 0 Å². The molecule has 2 aliphatic rings. The monoisotopic (exact) mass is 435 g/mol. The Labute approximate surface area is 186 Å². The van der Waals surface area contributed by atoms with Crippen LogP contribution in [-0.2, 0) is 11.3 Å². The second-order valence-corrected chi connectivity index (χ2v) is 8.11. The summed E-state index contributed by atoms with van der Waals surface area (Å²) < 4.78 is 0. The van der Waals surface area contributed by atoms with E-state index in [0.29, 0.717) is 12.1 Å². The minimum absolute atomic E-state index is 0. The van der Waals surface area contributed by atoms with Crippen molar-refractivity contribution in [3.8, 4) is 0 Å². The third-order valence-electron chi connectivity index (χ3n) is 6.16. The summed E-state index contributed by atoms with van der Waals surface area (Å²) >= 11 is 0. The highest BCUT2D eigenvalue weighted by Gasteiger charge is 2.41. The maximum Gasteiger partial charge on any atom is 0.241 e. The van der Waals surface area contributed by atoms with Gasteiger partial charge in [0.25, 0.3) is 0 Å². The first-order valence-corrected chi connectivity index (χ1v) is 10.0. The van der Waals surface area contributed by atoms with Gasteiger partial charge in [-0.2, -0.15) is 0 Å². The van der Waals surface area contributed by atoms with Gasteiger partial charge < -0.3 is 11.1 Å². The highest BCUT2D eigenvalue weighted by Crippen LogP contribution is 2.37. The molecule has 2 aromatic rings. The number of rotatable bonds is 5. The number of piperidine rings is 1. The molecule has 2 aliphatic heterocycles. The lowest BCUT2D eigenvalue weighted by atomic mass is 9.95. The SMILES string of the molecule is Cc1ccc(C(N)C(=O)NC2CC3CCC(C2)N3Cc2ccccc2)cc1.Cl.Cl. The average Bonchev–Trinajstić information content (AvgIpc) is 2.91. The molecule has 4 rings (SSSR count). The van der Waals surface area contributed by atoms with Crippen LogP contribution in [0.2, 0.25) is 0 Å². The molecule has 0 saturated carbocycles. The molecule has 2 bridgehead atoms. The molecule has 2 aromatic carbocycles. The summed E-state index contributed by atoms with van der Waals surface area (Å²) in [6.45, 7) is 3.05. The van der Waals surface area contributed by atoms with Crippen molar-refractivity contribution in [3.05, 3.63) is 71.3 Å². The van der Waals surface area contributed by atoms with Crippen LogP contribution < -0.4 is 11.1 Å². The van der Waals surface area contributed by atoms with Crippen LogP contribution >= 0.6 is 24.8 Å². The highest BCUT2D eigenvalue weighted by molar-refractivity contribution is 5.85. The Morgan fingerprint density at radius 3 is 2.21 bits per heavy atom. The number of hydrogen-bond acceptors (Lipinski definition) is 3. The molecule has 3 N–H and O–H groups in total. The van der Waals surface area contributed by atoms with Gasteiger partial charge in [0.2, 0.25) is 5.91 Å². The molecule has 3 unspecified atom stereocenters. The summed E-state index contributed by atoms with van der Waals surface area (Å²) in [6.07, 6.45) is 4.51. The number of fused-ring (bicyclic) bond motifs is 2. The molecule has 0 aliphatic carbocycles. The van der Waals surface area contributed by atoms with Gasteiger partial charge in [-0.05, 0) is 43.7 Å². The van der Waals surface area contributed by atoms with Crippen LogP contribution in [0.5, 0.6) is 0 Å². The number of carbonyl (C=O) groups is 1. The van der Waals surface area contributed by atoms with Crippen LogP contribution in [0.15, 0.2) is 54.6 Å². The number of hydrogen-bond donors (Lipinski definition) is 2. The summed E-state index contributed by atoms with van der Waals surface area (Å²) in [6, 6.07) is 19.4. The summed E-state index contributed by atoms with van der Waals surface area (Å²) in [5.74, 6) is -0.0558. The van der Waals surface area contributed by atoms with Crippen molar-refractivity contribution >= 4 is 30.7 Å². The largest absolute Gasteiger partial charge is 0.352 e. The quantitative estimate of drug-likeness (QED) is 0.741. The first kappa shape index (κ1) is 23.7. The van der Waals surface area contributed by atoms with Crippen molar-refractivity contribution in [2.45, 2.75) is 63.3 Å². The van der Waals surface area contributed by atoms with E-state index < -0.39 is 6.04 Å². The first-order chi connectivity index (χ1) is 13.1. The number of benzene rings is 2. The topological polar surface area (TPSA) is 58.4 Å². The van der Waals surface area contributed by atoms with E-state index in [2.05, 4.69) is 40.5 Å². The van der Waals surface area contributed by atoms with E-state index in [4.69, 9.17) is 5.73 Å². The third-order valence-corrected chi connectivity index (χ3v) is 6.16. The van der Waals surface area contributed by atoms with Gasteiger partial charge in [0.05, 0.1) is 0 Å². The van der Waals surface area contributed by atoms with E-state index >= 15 is 0 Å². The first-order valence-electron chi connectivity index (χ1n) is 10.0. The summed E-state index contributed by atoms with van der Waals surface area (Å²) in [5, 5.41) is 3.23. The fourth-order valence-electron chi connectivity index (χ4n) is 4.66. The van der Waals surface area contributed by atoms with Gasteiger partial charge in [0.1, 0.15) is 6.04 Å². The molecule has 2 heterocycles. The van der Waals surface area contributed by atoms with Gasteiger partial charge >= 0.3 is 0 Å². The Morgan fingerprint density at radius 2 is 1.62 bits per heavy atom. The zero-order chi connectivity index (χ0) is 18.8. The van der Waals surface area contributed by atoms with E-state index in [9.17, 15) is 4.79 Å². The molecule has 1 amide bonds. The molecule has 0 spiro atoms. The number of nitrogens with zero attached hydrogens (tertiary/aromatic N) is 1. The molecule has 158 valence electrons. The van der Waals surface area contributed by atoms with Crippen molar-refractivity contribution in [2.75, 3.05) is 0 Å². The highest BCUT2D eigenvalue weighted by atomic mass is 35.5. The molecule has 29 heavy (non-hydrogen) atoms. The van der Waals surface area contributed by atoms with Gasteiger partial charge in [-0.1, -0.05) is 60.2 Å². The molecule has 2 saturated heterocycles. The second kappa shape index (κ2) is 10.4. The Balaban J connectivity index is 0.00000150. The molecular formula is C23H31Cl2N3O. The standard InChI is InChI=1S/C23H29N3O.2ClH/c1-16-7-9-18(10-8-16)22(24)23(27)25-19-13-20-11-12-21(14-19)26(20)15-17-5-3-2-4-6-17;;/h2-10,19-22H,11-15,24H2,1H3,(H,25,27);2*1H. The fraction of sp³-hybridized carbons (Fsp3) is 0.435. The van der Waals surface area contributed by atoms with Gasteiger partial charge in [0.15, 0.2) is 0 Å². The molecule has 2 fully saturated rings. The average molecular weight is 436 g/mol. The van der Waals surface area contributed by atoms with Crippen LogP contribution in [0.1, 0.15) is 48.4 Å². The lowest BCUT2D eigenvalue weighted by Crippen LogP contribution is -2.51. The molecule has 6 heteroatoms. The molecule has 0 aromatic heterocycles. The predicted molar refractivity (Wildman–Crippen MR) is 123 cm³/mol. The zero-order valence-electron chi connectivity index (χ0n) is 16.8. The maximum absolute atomic E-state index is 12.7. The zero-order valence-corrected chi connectivity index (χ0v) is 18.4. The minimum atomic E-state index is -0.592. The number of carbonyl (C=O) groups excluding carboxylic acids is 1. The van der Waals surface area contributed by atoms with Crippen molar-refractivity contribution in [2.24, 2.45) is 5.73 Å². The van der Waals surface area contributed by atoms with E-state index in [1.165, 1.54) is 24.0 Å². The van der Waals surface area contributed by atoms with Gasteiger partial charge in [-0.15, -0.1) is 24.8 Å². The number of halogens is 2. The number of aryl methyl sites for hydroxylation is 1. The van der Waals surface area contributed by atoms with Gasteiger partial charge in [-0.25, -0.2) is 0 Å². The van der Waals surface area contributed by atoms with E-state index in [1.807, 2.05) is 31.2 Å². The molecular weight excluding hydrogens is 405 g/mol. The van der Waals surface area contributed by atoms with Crippen LogP contribution in [0, 0.1) is 6.92 Å². The summed E-state index contributed by atoms with van der Waals surface area (Å²) in [7, 11) is 0. The number of nitrogens with two attached hydrogens (primary N) is 1. The van der Waals surface area contributed by atoms with E-state index in [-0.39, 0.29) is 36.8 Å². The van der Waals surface area contributed by atoms with Crippen molar-refractivity contribution < 1.29 is 4.79 Å². The van der Waals surface area contributed by atoms with Crippen LogP contribution in [0.25, 0.3) is 0 Å². The second-order valence-electron chi connectivity index (χ2n) is 8.11. The van der Waals surface area contributed by atoms with E-state index in [0.717, 1.165) is 24.9 Å². The van der Waals surface area contributed by atoms with Gasteiger partial charge in [0, 0.05) is 24.7 Å². The summed E-state index contributed by atoms with van der Waals surface area (Å²) in [5.41, 5.74) is 9.62. The van der Waals surface area contributed by atoms with Crippen LogP contribution in [0.4, 0.5) is 0 Å². The maximum atomic E-state index is 12.7. The normalized spacial score (nSPS) is 24.1. The van der Waals surface area contributed by atoms with Crippen LogP contribution in [0.3, 0.4) is 0 Å². The van der Waals surface area contributed by atoms with E-state index in [1.54, 1.807) is 0 Å². The summed E-state index contributed by atoms with van der Waals surface area (Å²) in [4.78, 5) is 15.3. The Kier molecular flexibility index (Phi) is 8.53. The van der Waals surface area contributed by atoms with Crippen molar-refractivity contribution in [1.82, 2.24) is 10.2 Å². The molecule has 3 atom stereocenters. The fourth-order valence-corrected chi connectivity index (χ4v) is 4.66. The number of amides is 1. The number of nitrogens with one attached hydrogen (secondary N) is 1. The van der Waals surface area contributed by atoms with Crippen LogP contribution in [-0.4, -0.2) is 28.9 Å². The third kappa shape index (κ3) is 5.52. The smallest absolute Gasteiger partial charge is 0.241 e. The Hall–Kier alpha value is -1.59. The molecule has 0 radical (unpaired) electrons. The molecule has 4 nitrogen and oxygen atoms in total.